The minimum atomic E-state index is 1.10. The van der Waals surface area contributed by atoms with E-state index in [4.69, 9.17) is 0 Å². The van der Waals surface area contributed by atoms with Crippen LogP contribution < -0.4 is 4.90 Å². The lowest BCUT2D eigenvalue weighted by molar-refractivity contribution is 1.29. The Labute approximate surface area is 173 Å². The molecule has 0 aliphatic rings. The maximum absolute atomic E-state index is 3.57. The van der Waals surface area contributed by atoms with Crippen LogP contribution in [0.25, 0.3) is 21.5 Å². The molecule has 5 rings (SSSR count). The summed E-state index contributed by atoms with van der Waals surface area (Å²) in [6.07, 6.45) is 0. The maximum atomic E-state index is 3.57. The molecule has 134 valence electrons. The van der Waals surface area contributed by atoms with Crippen molar-refractivity contribution in [2.45, 2.75) is 0 Å². The molecule has 0 amide bonds. The first kappa shape index (κ1) is 17.0. The summed E-state index contributed by atoms with van der Waals surface area (Å²) in [4.78, 5) is 2.31. The van der Waals surface area contributed by atoms with Gasteiger partial charge in [-0.05, 0) is 70.1 Å². The third-order valence-corrected chi connectivity index (χ3v) is 5.54. The summed E-state index contributed by atoms with van der Waals surface area (Å²) in [5.74, 6) is 0. The smallest absolute Gasteiger partial charge is 0.0468 e. The predicted octanol–water partition coefficient (Wildman–Crippen LogP) is 8.23. The molecule has 0 atom stereocenters. The zero-order valence-electron chi connectivity index (χ0n) is 15.2. The summed E-state index contributed by atoms with van der Waals surface area (Å²) in [5, 5.41) is 4.94. The van der Waals surface area contributed by atoms with Gasteiger partial charge in [0.2, 0.25) is 0 Å². The Kier molecular flexibility index (Phi) is 4.34. The number of benzene rings is 5. The molecule has 28 heavy (non-hydrogen) atoms. The van der Waals surface area contributed by atoms with Gasteiger partial charge in [-0.15, -0.1) is 0 Å². The number of hydrogen-bond donors (Lipinski definition) is 0. The third kappa shape index (κ3) is 3.17. The van der Waals surface area contributed by atoms with Crippen molar-refractivity contribution in [3.05, 3.63) is 114 Å². The Balaban J connectivity index is 1.71. The molecule has 5 aromatic rings. The van der Waals surface area contributed by atoms with E-state index in [1.54, 1.807) is 0 Å². The number of halogens is 1. The van der Waals surface area contributed by atoms with Crippen LogP contribution in [0.5, 0.6) is 0 Å². The molecule has 0 N–H and O–H groups in total. The Morgan fingerprint density at radius 1 is 0.429 bits per heavy atom. The van der Waals surface area contributed by atoms with E-state index < -0.39 is 0 Å². The highest BCUT2D eigenvalue weighted by atomic mass is 79.9. The topological polar surface area (TPSA) is 3.24 Å². The van der Waals surface area contributed by atoms with E-state index in [-0.39, 0.29) is 0 Å². The third-order valence-electron chi connectivity index (χ3n) is 5.05. The zero-order valence-corrected chi connectivity index (χ0v) is 16.8. The van der Waals surface area contributed by atoms with Crippen LogP contribution in [-0.4, -0.2) is 0 Å². The number of para-hydroxylation sites is 1. The van der Waals surface area contributed by atoms with Crippen LogP contribution in [0.2, 0.25) is 0 Å². The maximum Gasteiger partial charge on any atom is 0.0468 e. The van der Waals surface area contributed by atoms with Gasteiger partial charge in [-0.1, -0.05) is 76.6 Å². The minimum absolute atomic E-state index is 1.10. The number of rotatable bonds is 3. The summed E-state index contributed by atoms with van der Waals surface area (Å²) >= 11 is 3.57. The Morgan fingerprint density at radius 2 is 0.964 bits per heavy atom. The second-order valence-electron chi connectivity index (χ2n) is 6.88. The molecule has 0 aromatic heterocycles. The lowest BCUT2D eigenvalue weighted by Gasteiger charge is -2.26. The van der Waals surface area contributed by atoms with Gasteiger partial charge < -0.3 is 4.90 Å². The van der Waals surface area contributed by atoms with E-state index in [2.05, 4.69) is 130 Å². The second kappa shape index (κ2) is 7.14. The summed E-state index contributed by atoms with van der Waals surface area (Å²) in [7, 11) is 0. The zero-order chi connectivity index (χ0) is 18.9. The normalized spacial score (nSPS) is 11.0. The van der Waals surface area contributed by atoms with Gasteiger partial charge in [0, 0.05) is 21.5 Å². The van der Waals surface area contributed by atoms with Crippen LogP contribution in [0.4, 0.5) is 17.1 Å². The quantitative estimate of drug-likeness (QED) is 0.282. The van der Waals surface area contributed by atoms with Gasteiger partial charge in [-0.3, -0.25) is 0 Å². The highest BCUT2D eigenvalue weighted by Gasteiger charge is 2.13. The lowest BCUT2D eigenvalue weighted by atomic mass is 10.1. The highest BCUT2D eigenvalue weighted by molar-refractivity contribution is 9.10. The molecule has 0 aliphatic heterocycles. The number of fused-ring (bicyclic) bond motifs is 2. The Morgan fingerprint density at radius 3 is 1.71 bits per heavy atom. The molecule has 0 spiro atoms. The Bertz CT molecular complexity index is 1280. The van der Waals surface area contributed by atoms with Crippen molar-refractivity contribution >= 4 is 54.5 Å². The largest absolute Gasteiger partial charge is 0.310 e. The molecular weight excluding hydrogens is 406 g/mol. The molecule has 0 fully saturated rings. The molecule has 2 heteroatoms. The molecular formula is C26H18BrN. The van der Waals surface area contributed by atoms with Crippen molar-refractivity contribution in [1.29, 1.82) is 0 Å². The van der Waals surface area contributed by atoms with Crippen molar-refractivity contribution in [3.8, 4) is 0 Å². The van der Waals surface area contributed by atoms with Crippen molar-refractivity contribution in [2.24, 2.45) is 0 Å². The first-order valence-corrected chi connectivity index (χ1v) is 10.1. The predicted molar refractivity (Wildman–Crippen MR) is 124 cm³/mol. The van der Waals surface area contributed by atoms with Crippen LogP contribution in [0, 0.1) is 0 Å². The van der Waals surface area contributed by atoms with Crippen LogP contribution in [0.15, 0.2) is 114 Å². The van der Waals surface area contributed by atoms with E-state index in [0.29, 0.717) is 0 Å². The minimum Gasteiger partial charge on any atom is -0.310 e. The van der Waals surface area contributed by atoms with Crippen LogP contribution in [0.1, 0.15) is 0 Å². The SMILES string of the molecule is Brc1ccc2cc(N(c3ccccc3)c3ccc4ccccc4c3)ccc2c1. The van der Waals surface area contributed by atoms with Gasteiger partial charge in [-0.2, -0.15) is 0 Å². The molecule has 0 unspecified atom stereocenters. The first-order valence-electron chi connectivity index (χ1n) is 9.31. The van der Waals surface area contributed by atoms with Gasteiger partial charge >= 0.3 is 0 Å². The number of nitrogens with zero attached hydrogens (tertiary/aromatic N) is 1. The van der Waals surface area contributed by atoms with Crippen LogP contribution in [-0.2, 0) is 0 Å². The monoisotopic (exact) mass is 423 g/mol. The van der Waals surface area contributed by atoms with Gasteiger partial charge in [0.05, 0.1) is 0 Å². The summed E-state index contributed by atoms with van der Waals surface area (Å²) < 4.78 is 1.10. The van der Waals surface area contributed by atoms with Gasteiger partial charge in [0.25, 0.3) is 0 Å². The Hall–Kier alpha value is -3.10. The van der Waals surface area contributed by atoms with Crippen LogP contribution in [0.3, 0.4) is 0 Å². The van der Waals surface area contributed by atoms with E-state index in [9.17, 15) is 0 Å². The van der Waals surface area contributed by atoms with Crippen molar-refractivity contribution in [1.82, 2.24) is 0 Å². The van der Waals surface area contributed by atoms with E-state index >= 15 is 0 Å². The van der Waals surface area contributed by atoms with Crippen molar-refractivity contribution in [3.63, 3.8) is 0 Å². The number of anilines is 3. The standard InChI is InChI=1S/C26H18BrN/c27-23-13-10-22-18-26(15-12-21(22)16-23)28(24-8-2-1-3-9-24)25-14-11-19-6-4-5-7-20(19)17-25/h1-18H. The number of hydrogen-bond acceptors (Lipinski definition) is 1. The highest BCUT2D eigenvalue weighted by Crippen LogP contribution is 2.37. The van der Waals surface area contributed by atoms with Crippen LogP contribution >= 0.6 is 15.9 Å². The molecule has 0 saturated carbocycles. The average Bonchev–Trinajstić information content (AvgIpc) is 2.75. The molecule has 0 radical (unpaired) electrons. The van der Waals surface area contributed by atoms with E-state index in [1.807, 2.05) is 0 Å². The summed E-state index contributed by atoms with van der Waals surface area (Å²) in [6.45, 7) is 0. The van der Waals surface area contributed by atoms with E-state index in [0.717, 1.165) is 21.5 Å². The fourth-order valence-corrected chi connectivity index (χ4v) is 4.06. The fraction of sp³-hybridized carbons (Fsp3) is 0. The molecule has 0 bridgehead atoms. The molecule has 0 heterocycles. The van der Waals surface area contributed by atoms with Crippen molar-refractivity contribution in [2.75, 3.05) is 4.90 Å². The second-order valence-corrected chi connectivity index (χ2v) is 7.79. The summed E-state index contributed by atoms with van der Waals surface area (Å²) in [6, 6.07) is 38.7. The van der Waals surface area contributed by atoms with Crippen molar-refractivity contribution < 1.29 is 0 Å². The molecule has 5 aromatic carbocycles. The van der Waals surface area contributed by atoms with E-state index in [1.165, 1.54) is 21.5 Å². The van der Waals surface area contributed by atoms with Gasteiger partial charge in [0.15, 0.2) is 0 Å². The lowest BCUT2D eigenvalue weighted by Crippen LogP contribution is -2.09. The molecule has 1 nitrogen and oxygen atoms in total. The average molecular weight is 424 g/mol. The van der Waals surface area contributed by atoms with Gasteiger partial charge in [-0.25, -0.2) is 0 Å². The molecule has 0 aliphatic carbocycles. The van der Waals surface area contributed by atoms with Gasteiger partial charge in [0.1, 0.15) is 0 Å². The summed E-state index contributed by atoms with van der Waals surface area (Å²) in [5.41, 5.74) is 3.45. The first-order chi connectivity index (χ1) is 13.8. The molecule has 0 saturated heterocycles. The fourth-order valence-electron chi connectivity index (χ4n) is 3.68.